The van der Waals surface area contributed by atoms with E-state index in [1.807, 2.05) is 23.1 Å². The van der Waals surface area contributed by atoms with E-state index in [1.54, 1.807) is 18.2 Å². The van der Waals surface area contributed by atoms with E-state index in [4.69, 9.17) is 4.74 Å². The van der Waals surface area contributed by atoms with Crippen molar-refractivity contribution in [2.75, 3.05) is 44.6 Å². The number of ether oxygens (including phenoxy) is 1. The Morgan fingerprint density at radius 3 is 2.64 bits per heavy atom. The SMILES string of the molecule is O=C1COc2cc(C(=O)N3CCN(C/C=C/c4ccccc4)CC3)ccc2N1. The molecular weight excluding hydrogens is 354 g/mol. The number of nitrogens with zero attached hydrogens (tertiary/aromatic N) is 2. The molecule has 0 saturated carbocycles. The van der Waals surface area contributed by atoms with Gasteiger partial charge < -0.3 is 15.0 Å². The summed E-state index contributed by atoms with van der Waals surface area (Å²) in [5.74, 6) is 0.377. The lowest BCUT2D eigenvalue weighted by Crippen LogP contribution is -2.48. The molecule has 1 N–H and O–H groups in total. The second kappa shape index (κ2) is 8.27. The van der Waals surface area contributed by atoms with Crippen LogP contribution in [0.1, 0.15) is 15.9 Å². The van der Waals surface area contributed by atoms with Gasteiger partial charge >= 0.3 is 0 Å². The summed E-state index contributed by atoms with van der Waals surface area (Å²) in [6, 6.07) is 15.4. The van der Waals surface area contributed by atoms with E-state index in [0.717, 1.165) is 19.6 Å². The van der Waals surface area contributed by atoms with Gasteiger partial charge in [0.2, 0.25) is 0 Å². The van der Waals surface area contributed by atoms with E-state index in [2.05, 4.69) is 34.5 Å². The summed E-state index contributed by atoms with van der Waals surface area (Å²) in [5.41, 5.74) is 2.40. The number of fused-ring (bicyclic) bond motifs is 1. The molecule has 2 aromatic rings. The van der Waals surface area contributed by atoms with Crippen molar-refractivity contribution in [3.8, 4) is 5.75 Å². The molecule has 0 aliphatic carbocycles. The molecule has 0 spiro atoms. The Hall–Kier alpha value is -3.12. The Morgan fingerprint density at radius 2 is 1.86 bits per heavy atom. The van der Waals surface area contributed by atoms with Gasteiger partial charge in [-0.1, -0.05) is 42.5 Å². The third-order valence-electron chi connectivity index (χ3n) is 4.99. The molecule has 6 nitrogen and oxygen atoms in total. The normalized spacial score (nSPS) is 17.1. The lowest BCUT2D eigenvalue weighted by Gasteiger charge is -2.34. The standard InChI is InChI=1S/C22H23N3O3/c26-21-16-28-20-15-18(8-9-19(20)23-21)22(27)25-13-11-24(12-14-25)10-4-7-17-5-2-1-3-6-17/h1-9,15H,10-14,16H2,(H,23,26)/b7-4+. The maximum absolute atomic E-state index is 12.8. The molecule has 2 aliphatic rings. The molecule has 0 aromatic heterocycles. The first kappa shape index (κ1) is 18.3. The molecule has 4 rings (SSSR count). The summed E-state index contributed by atoms with van der Waals surface area (Å²) < 4.78 is 5.41. The second-order valence-electron chi connectivity index (χ2n) is 6.95. The highest BCUT2D eigenvalue weighted by Crippen LogP contribution is 2.29. The average molecular weight is 377 g/mol. The van der Waals surface area contributed by atoms with E-state index >= 15 is 0 Å². The highest BCUT2D eigenvalue weighted by Gasteiger charge is 2.23. The van der Waals surface area contributed by atoms with Gasteiger partial charge in [0.1, 0.15) is 5.75 Å². The minimum atomic E-state index is -0.177. The summed E-state index contributed by atoms with van der Waals surface area (Å²) in [6.07, 6.45) is 4.30. The van der Waals surface area contributed by atoms with Crippen LogP contribution in [0.5, 0.6) is 5.75 Å². The Bertz CT molecular complexity index is 887. The van der Waals surface area contributed by atoms with Gasteiger partial charge in [0.05, 0.1) is 5.69 Å². The van der Waals surface area contributed by atoms with Crippen LogP contribution in [0.15, 0.2) is 54.6 Å². The van der Waals surface area contributed by atoms with Crippen LogP contribution in [0.2, 0.25) is 0 Å². The van der Waals surface area contributed by atoms with Gasteiger partial charge in [-0.2, -0.15) is 0 Å². The molecule has 2 aromatic carbocycles. The van der Waals surface area contributed by atoms with Gasteiger partial charge in [-0.15, -0.1) is 0 Å². The molecule has 144 valence electrons. The molecular formula is C22H23N3O3. The number of rotatable bonds is 4. The van der Waals surface area contributed by atoms with Crippen molar-refractivity contribution in [2.45, 2.75) is 0 Å². The Kier molecular flexibility index (Phi) is 5.39. The highest BCUT2D eigenvalue weighted by molar-refractivity contribution is 5.99. The zero-order valence-corrected chi connectivity index (χ0v) is 15.6. The van der Waals surface area contributed by atoms with Gasteiger partial charge in [0, 0.05) is 38.3 Å². The van der Waals surface area contributed by atoms with Crippen LogP contribution in [0.3, 0.4) is 0 Å². The first-order valence-electron chi connectivity index (χ1n) is 9.49. The zero-order valence-electron chi connectivity index (χ0n) is 15.6. The third-order valence-corrected chi connectivity index (χ3v) is 4.99. The summed E-state index contributed by atoms with van der Waals surface area (Å²) in [7, 11) is 0. The van der Waals surface area contributed by atoms with Crippen molar-refractivity contribution in [1.29, 1.82) is 0 Å². The number of anilines is 1. The number of benzene rings is 2. The number of carbonyl (C=O) groups excluding carboxylic acids is 2. The van der Waals surface area contributed by atoms with Crippen molar-refractivity contribution in [3.63, 3.8) is 0 Å². The molecule has 6 heteroatoms. The minimum absolute atomic E-state index is 0.00257. The van der Waals surface area contributed by atoms with Gasteiger partial charge in [0.15, 0.2) is 6.61 Å². The molecule has 2 heterocycles. The lowest BCUT2D eigenvalue weighted by molar-refractivity contribution is -0.118. The van der Waals surface area contributed by atoms with Crippen LogP contribution in [-0.4, -0.2) is 60.9 Å². The Labute approximate surface area is 164 Å². The van der Waals surface area contributed by atoms with E-state index in [0.29, 0.717) is 30.1 Å². The Morgan fingerprint density at radius 1 is 1.07 bits per heavy atom. The molecule has 2 amide bonds. The van der Waals surface area contributed by atoms with Crippen LogP contribution >= 0.6 is 0 Å². The maximum Gasteiger partial charge on any atom is 0.262 e. The van der Waals surface area contributed by atoms with E-state index in [9.17, 15) is 9.59 Å². The highest BCUT2D eigenvalue weighted by atomic mass is 16.5. The predicted molar refractivity (Wildman–Crippen MR) is 108 cm³/mol. The summed E-state index contributed by atoms with van der Waals surface area (Å²) in [6.45, 7) is 3.97. The number of amides is 2. The second-order valence-corrected chi connectivity index (χ2v) is 6.95. The van der Waals surface area contributed by atoms with E-state index < -0.39 is 0 Å². The molecule has 0 radical (unpaired) electrons. The van der Waals surface area contributed by atoms with Crippen molar-refractivity contribution in [2.24, 2.45) is 0 Å². The fraction of sp³-hybridized carbons (Fsp3) is 0.273. The molecule has 0 bridgehead atoms. The van der Waals surface area contributed by atoms with Crippen molar-refractivity contribution >= 4 is 23.6 Å². The van der Waals surface area contributed by atoms with Gasteiger partial charge in [-0.25, -0.2) is 0 Å². The summed E-state index contributed by atoms with van der Waals surface area (Å²) in [5, 5.41) is 2.74. The summed E-state index contributed by atoms with van der Waals surface area (Å²) in [4.78, 5) is 28.4. The van der Waals surface area contributed by atoms with Crippen molar-refractivity contribution < 1.29 is 14.3 Å². The molecule has 1 fully saturated rings. The monoisotopic (exact) mass is 377 g/mol. The lowest BCUT2D eigenvalue weighted by atomic mass is 10.1. The topological polar surface area (TPSA) is 61.9 Å². The molecule has 2 aliphatic heterocycles. The average Bonchev–Trinajstić information content (AvgIpc) is 2.74. The van der Waals surface area contributed by atoms with Crippen LogP contribution in [0.4, 0.5) is 5.69 Å². The van der Waals surface area contributed by atoms with E-state index in [-0.39, 0.29) is 18.4 Å². The van der Waals surface area contributed by atoms with Crippen LogP contribution in [0, 0.1) is 0 Å². The van der Waals surface area contributed by atoms with Crippen molar-refractivity contribution in [3.05, 3.63) is 65.7 Å². The molecule has 0 unspecified atom stereocenters. The maximum atomic E-state index is 12.8. The predicted octanol–water partition coefficient (Wildman–Crippen LogP) is 2.49. The number of carbonyl (C=O) groups is 2. The summed E-state index contributed by atoms with van der Waals surface area (Å²) >= 11 is 0. The van der Waals surface area contributed by atoms with Crippen LogP contribution in [0.25, 0.3) is 6.08 Å². The quantitative estimate of drug-likeness (QED) is 0.889. The number of piperazine rings is 1. The zero-order chi connectivity index (χ0) is 19.3. The molecule has 1 saturated heterocycles. The van der Waals surface area contributed by atoms with Gasteiger partial charge in [-0.3, -0.25) is 14.5 Å². The minimum Gasteiger partial charge on any atom is -0.482 e. The fourth-order valence-corrected chi connectivity index (χ4v) is 3.43. The molecule has 28 heavy (non-hydrogen) atoms. The van der Waals surface area contributed by atoms with Gasteiger partial charge in [0.25, 0.3) is 11.8 Å². The van der Waals surface area contributed by atoms with Crippen LogP contribution in [-0.2, 0) is 4.79 Å². The first-order valence-corrected chi connectivity index (χ1v) is 9.49. The number of hydrogen-bond donors (Lipinski definition) is 1. The Balaban J connectivity index is 1.30. The van der Waals surface area contributed by atoms with Crippen LogP contribution < -0.4 is 10.1 Å². The first-order chi connectivity index (χ1) is 13.7. The number of hydrogen-bond acceptors (Lipinski definition) is 4. The van der Waals surface area contributed by atoms with E-state index in [1.165, 1.54) is 5.56 Å². The number of nitrogens with one attached hydrogen (secondary N) is 1. The fourth-order valence-electron chi connectivity index (χ4n) is 3.43. The van der Waals surface area contributed by atoms with Crippen molar-refractivity contribution in [1.82, 2.24) is 9.80 Å². The molecule has 0 atom stereocenters. The third kappa shape index (κ3) is 4.23. The largest absolute Gasteiger partial charge is 0.482 e. The smallest absolute Gasteiger partial charge is 0.262 e. The van der Waals surface area contributed by atoms with Gasteiger partial charge in [-0.05, 0) is 23.8 Å².